The molecule has 7 nitrogen and oxygen atoms in total. The second kappa shape index (κ2) is 4.69. The van der Waals surface area contributed by atoms with E-state index in [1.165, 1.54) is 12.4 Å². The number of nitrogens with zero attached hydrogens (tertiary/aromatic N) is 5. The van der Waals surface area contributed by atoms with E-state index in [-0.39, 0.29) is 11.7 Å². The summed E-state index contributed by atoms with van der Waals surface area (Å²) in [5.74, 6) is 0.973. The van der Waals surface area contributed by atoms with Gasteiger partial charge in [0.05, 0.1) is 0 Å². The lowest BCUT2D eigenvalue weighted by molar-refractivity contribution is 0.431. The summed E-state index contributed by atoms with van der Waals surface area (Å²) in [5, 5.41) is 3.95. The molecular formula is C13H12N6O. The summed E-state index contributed by atoms with van der Waals surface area (Å²) in [6.45, 7) is 3.83. The number of anilines is 1. The Morgan fingerprint density at radius 2 is 1.70 bits per heavy atom. The molecule has 0 fully saturated rings. The van der Waals surface area contributed by atoms with Gasteiger partial charge in [0, 0.05) is 29.3 Å². The van der Waals surface area contributed by atoms with Crippen molar-refractivity contribution < 1.29 is 4.52 Å². The van der Waals surface area contributed by atoms with E-state index in [0.29, 0.717) is 11.5 Å². The molecule has 0 saturated heterocycles. The first kappa shape index (κ1) is 12.2. The Labute approximate surface area is 114 Å². The SMILES string of the molecule is Cc1cc(-c2noc(-c3nccnc3N)n2)cc(C)n1. The van der Waals surface area contributed by atoms with Crippen LogP contribution in [0, 0.1) is 13.8 Å². The maximum Gasteiger partial charge on any atom is 0.280 e. The molecule has 20 heavy (non-hydrogen) atoms. The summed E-state index contributed by atoms with van der Waals surface area (Å²) in [5.41, 5.74) is 8.75. The van der Waals surface area contributed by atoms with Crippen molar-refractivity contribution >= 4 is 5.82 Å². The Morgan fingerprint density at radius 3 is 2.40 bits per heavy atom. The fraction of sp³-hybridized carbons (Fsp3) is 0.154. The van der Waals surface area contributed by atoms with Gasteiger partial charge in [0.25, 0.3) is 5.89 Å². The molecule has 0 spiro atoms. The van der Waals surface area contributed by atoms with Crippen LogP contribution in [-0.2, 0) is 0 Å². The monoisotopic (exact) mass is 268 g/mol. The number of hydrogen-bond donors (Lipinski definition) is 1. The average Bonchev–Trinajstić information content (AvgIpc) is 2.87. The third-order valence-corrected chi connectivity index (χ3v) is 2.69. The van der Waals surface area contributed by atoms with Crippen LogP contribution in [0.2, 0.25) is 0 Å². The number of aryl methyl sites for hydroxylation is 2. The van der Waals surface area contributed by atoms with E-state index in [4.69, 9.17) is 10.3 Å². The van der Waals surface area contributed by atoms with E-state index in [0.717, 1.165) is 17.0 Å². The summed E-state index contributed by atoms with van der Waals surface area (Å²) in [6, 6.07) is 3.78. The number of rotatable bonds is 2. The van der Waals surface area contributed by atoms with Gasteiger partial charge in [-0.2, -0.15) is 4.98 Å². The van der Waals surface area contributed by atoms with Crippen LogP contribution in [-0.4, -0.2) is 25.1 Å². The minimum atomic E-state index is 0.248. The molecule has 0 atom stereocenters. The zero-order valence-electron chi connectivity index (χ0n) is 11.0. The van der Waals surface area contributed by atoms with Gasteiger partial charge in [-0.25, -0.2) is 9.97 Å². The van der Waals surface area contributed by atoms with Gasteiger partial charge in [-0.05, 0) is 26.0 Å². The zero-order valence-corrected chi connectivity index (χ0v) is 11.0. The molecule has 0 saturated carbocycles. The fourth-order valence-corrected chi connectivity index (χ4v) is 1.91. The Bertz CT molecular complexity index is 747. The lowest BCUT2D eigenvalue weighted by Gasteiger charge is -1.99. The van der Waals surface area contributed by atoms with Gasteiger partial charge in [0.15, 0.2) is 11.5 Å². The van der Waals surface area contributed by atoms with Gasteiger partial charge in [-0.1, -0.05) is 5.16 Å². The fourth-order valence-electron chi connectivity index (χ4n) is 1.91. The first-order valence-corrected chi connectivity index (χ1v) is 6.00. The molecule has 3 aromatic heterocycles. The van der Waals surface area contributed by atoms with E-state index in [1.807, 2.05) is 26.0 Å². The standard InChI is InChI=1S/C13H12N6O/c1-7-5-9(6-8(2)17-7)12-18-13(20-19-12)10-11(14)16-4-3-15-10/h3-6H,1-2H3,(H2,14,16). The van der Waals surface area contributed by atoms with Crippen LogP contribution < -0.4 is 5.73 Å². The maximum absolute atomic E-state index is 5.74. The first-order chi connectivity index (χ1) is 9.63. The predicted molar refractivity (Wildman–Crippen MR) is 72.4 cm³/mol. The van der Waals surface area contributed by atoms with Crippen molar-refractivity contribution in [2.45, 2.75) is 13.8 Å². The quantitative estimate of drug-likeness (QED) is 0.755. The van der Waals surface area contributed by atoms with Gasteiger partial charge in [0.1, 0.15) is 0 Å². The second-order valence-corrected chi connectivity index (χ2v) is 4.35. The third-order valence-electron chi connectivity index (χ3n) is 2.69. The Kier molecular flexibility index (Phi) is 2.86. The molecule has 2 N–H and O–H groups in total. The lowest BCUT2D eigenvalue weighted by atomic mass is 10.2. The largest absolute Gasteiger partial charge is 0.382 e. The van der Waals surface area contributed by atoms with Gasteiger partial charge >= 0.3 is 0 Å². The molecule has 0 radical (unpaired) electrons. The van der Waals surface area contributed by atoms with E-state index in [9.17, 15) is 0 Å². The van der Waals surface area contributed by atoms with Gasteiger partial charge in [-0.3, -0.25) is 4.98 Å². The molecule has 0 aliphatic heterocycles. The van der Waals surface area contributed by atoms with Crippen LogP contribution in [0.1, 0.15) is 11.4 Å². The van der Waals surface area contributed by atoms with Crippen molar-refractivity contribution in [2.24, 2.45) is 0 Å². The van der Waals surface area contributed by atoms with Crippen LogP contribution in [0.4, 0.5) is 5.82 Å². The normalized spacial score (nSPS) is 10.7. The second-order valence-electron chi connectivity index (χ2n) is 4.35. The average molecular weight is 268 g/mol. The predicted octanol–water partition coefficient (Wildman–Crippen LogP) is 1.79. The highest BCUT2D eigenvalue weighted by Crippen LogP contribution is 2.23. The van der Waals surface area contributed by atoms with Crippen molar-refractivity contribution in [2.75, 3.05) is 5.73 Å². The zero-order chi connectivity index (χ0) is 14.1. The van der Waals surface area contributed by atoms with Crippen molar-refractivity contribution in [3.63, 3.8) is 0 Å². The number of hydrogen-bond acceptors (Lipinski definition) is 7. The number of nitrogens with two attached hydrogens (primary N) is 1. The van der Waals surface area contributed by atoms with E-state index >= 15 is 0 Å². The van der Waals surface area contributed by atoms with Crippen molar-refractivity contribution in [3.8, 4) is 23.0 Å². The molecule has 0 aliphatic rings. The third kappa shape index (κ3) is 2.20. The van der Waals surface area contributed by atoms with Crippen LogP contribution in [0.25, 0.3) is 23.0 Å². The van der Waals surface area contributed by atoms with Crippen molar-refractivity contribution in [3.05, 3.63) is 35.9 Å². The topological polar surface area (TPSA) is 104 Å². The number of pyridine rings is 1. The molecule has 0 aromatic carbocycles. The van der Waals surface area contributed by atoms with Gasteiger partial charge in [-0.15, -0.1) is 0 Å². The van der Waals surface area contributed by atoms with Crippen LogP contribution >= 0.6 is 0 Å². The molecule has 7 heteroatoms. The van der Waals surface area contributed by atoms with Crippen molar-refractivity contribution in [1.82, 2.24) is 25.1 Å². The smallest absolute Gasteiger partial charge is 0.280 e. The molecular weight excluding hydrogens is 256 g/mol. The summed E-state index contributed by atoms with van der Waals surface area (Å²) in [4.78, 5) is 16.7. The highest BCUT2D eigenvalue weighted by molar-refractivity contribution is 5.64. The minimum absolute atomic E-state index is 0.248. The van der Waals surface area contributed by atoms with Crippen LogP contribution in [0.15, 0.2) is 29.0 Å². The summed E-state index contributed by atoms with van der Waals surface area (Å²) >= 11 is 0. The van der Waals surface area contributed by atoms with E-state index < -0.39 is 0 Å². The van der Waals surface area contributed by atoms with Crippen LogP contribution in [0.5, 0.6) is 0 Å². The molecule has 3 rings (SSSR count). The molecule has 3 aromatic rings. The van der Waals surface area contributed by atoms with Gasteiger partial charge < -0.3 is 10.3 Å². The van der Waals surface area contributed by atoms with Crippen LogP contribution in [0.3, 0.4) is 0 Å². The first-order valence-electron chi connectivity index (χ1n) is 6.00. The van der Waals surface area contributed by atoms with E-state index in [2.05, 4.69) is 25.1 Å². The number of aromatic nitrogens is 5. The molecule has 0 aliphatic carbocycles. The Hall–Kier alpha value is -2.83. The Morgan fingerprint density at radius 1 is 1.00 bits per heavy atom. The minimum Gasteiger partial charge on any atom is -0.382 e. The van der Waals surface area contributed by atoms with Crippen molar-refractivity contribution in [1.29, 1.82) is 0 Å². The molecule has 0 bridgehead atoms. The highest BCUT2D eigenvalue weighted by atomic mass is 16.5. The summed E-state index contributed by atoms with van der Waals surface area (Å²) < 4.78 is 5.20. The highest BCUT2D eigenvalue weighted by Gasteiger charge is 2.15. The van der Waals surface area contributed by atoms with E-state index in [1.54, 1.807) is 0 Å². The lowest BCUT2D eigenvalue weighted by Crippen LogP contribution is -1.96. The molecule has 3 heterocycles. The molecule has 0 amide bonds. The van der Waals surface area contributed by atoms with Gasteiger partial charge in [0.2, 0.25) is 5.82 Å². The Balaban J connectivity index is 2.04. The maximum atomic E-state index is 5.74. The molecule has 0 unspecified atom stereocenters. The summed E-state index contributed by atoms with van der Waals surface area (Å²) in [6.07, 6.45) is 3.03. The molecule has 100 valence electrons. The summed E-state index contributed by atoms with van der Waals surface area (Å²) in [7, 11) is 0. The number of nitrogen functional groups attached to an aromatic ring is 1.